The Bertz CT molecular complexity index is 132. The first-order valence-corrected chi connectivity index (χ1v) is 4.45. The minimum absolute atomic E-state index is 0.176. The molecule has 1 unspecified atom stereocenters. The van der Waals surface area contributed by atoms with Gasteiger partial charge in [-0.3, -0.25) is 0 Å². The molecule has 0 aromatic heterocycles. The molecule has 3 nitrogen and oxygen atoms in total. The van der Waals surface area contributed by atoms with Crippen molar-refractivity contribution in [3.8, 4) is 0 Å². The molecule has 78 valence electrons. The number of rotatable bonds is 5. The second-order valence-corrected chi connectivity index (χ2v) is 2.83. The fourth-order valence-corrected chi connectivity index (χ4v) is 0.465. The molecule has 0 fully saturated rings. The van der Waals surface area contributed by atoms with Crippen molar-refractivity contribution in [1.82, 2.24) is 0 Å². The molecule has 0 heterocycles. The van der Waals surface area contributed by atoms with Gasteiger partial charge in [0.25, 0.3) is 0 Å². The van der Waals surface area contributed by atoms with Gasteiger partial charge in [-0.05, 0) is 12.8 Å². The van der Waals surface area contributed by atoms with E-state index >= 15 is 0 Å². The van der Waals surface area contributed by atoms with Gasteiger partial charge in [0.2, 0.25) is 0 Å². The van der Waals surface area contributed by atoms with E-state index in [0.29, 0.717) is 12.5 Å². The van der Waals surface area contributed by atoms with Crippen LogP contribution in [0, 0.1) is 5.92 Å². The molecule has 0 saturated heterocycles. The highest BCUT2D eigenvalue weighted by atomic mass is 16.5. The summed E-state index contributed by atoms with van der Waals surface area (Å²) in [6, 6.07) is 0. The summed E-state index contributed by atoms with van der Waals surface area (Å²) in [4.78, 5) is 9.94. The SMILES string of the molecule is C=CC.CCC(C)COCC(=O)O. The molecule has 0 aromatic carbocycles. The maximum Gasteiger partial charge on any atom is 0.329 e. The third-order valence-corrected chi connectivity index (χ3v) is 1.32. The number of allylic oxidation sites excluding steroid dienone is 1. The molecule has 0 aliphatic rings. The number of ether oxygens (including phenoxy) is 1. The molecule has 0 aliphatic heterocycles. The smallest absolute Gasteiger partial charge is 0.329 e. The number of hydrogen-bond donors (Lipinski definition) is 1. The summed E-state index contributed by atoms with van der Waals surface area (Å²) < 4.78 is 4.85. The monoisotopic (exact) mass is 188 g/mol. The Balaban J connectivity index is 0. The summed E-state index contributed by atoms with van der Waals surface area (Å²) in [6.07, 6.45) is 2.78. The van der Waals surface area contributed by atoms with Gasteiger partial charge >= 0.3 is 5.97 Å². The van der Waals surface area contributed by atoms with Crippen LogP contribution in [0.25, 0.3) is 0 Å². The van der Waals surface area contributed by atoms with E-state index < -0.39 is 5.97 Å². The largest absolute Gasteiger partial charge is 0.480 e. The summed E-state index contributed by atoms with van der Waals surface area (Å²) in [7, 11) is 0. The maximum atomic E-state index is 9.94. The molecule has 0 bridgehead atoms. The zero-order chi connectivity index (χ0) is 10.7. The van der Waals surface area contributed by atoms with E-state index in [-0.39, 0.29) is 6.61 Å². The Hall–Kier alpha value is -0.830. The van der Waals surface area contributed by atoms with Crippen molar-refractivity contribution in [3.63, 3.8) is 0 Å². The Labute approximate surface area is 80.4 Å². The van der Waals surface area contributed by atoms with E-state index in [1.54, 1.807) is 6.08 Å². The van der Waals surface area contributed by atoms with Crippen molar-refractivity contribution in [2.24, 2.45) is 5.92 Å². The first-order valence-electron chi connectivity index (χ1n) is 4.45. The van der Waals surface area contributed by atoms with Crippen LogP contribution in [0.1, 0.15) is 27.2 Å². The van der Waals surface area contributed by atoms with Crippen LogP contribution in [-0.2, 0) is 9.53 Å². The first-order chi connectivity index (χ1) is 6.08. The zero-order valence-electron chi connectivity index (χ0n) is 8.75. The van der Waals surface area contributed by atoms with Crippen LogP contribution in [0.5, 0.6) is 0 Å². The molecule has 0 saturated carbocycles. The van der Waals surface area contributed by atoms with E-state index in [1.165, 1.54) is 0 Å². The average molecular weight is 188 g/mol. The highest BCUT2D eigenvalue weighted by Crippen LogP contribution is 1.99. The highest BCUT2D eigenvalue weighted by molar-refractivity contribution is 5.67. The number of carbonyl (C=O) groups is 1. The minimum Gasteiger partial charge on any atom is -0.480 e. The van der Waals surface area contributed by atoms with E-state index in [2.05, 4.69) is 13.5 Å². The second-order valence-electron chi connectivity index (χ2n) is 2.83. The van der Waals surface area contributed by atoms with Crippen LogP contribution in [0.3, 0.4) is 0 Å². The van der Waals surface area contributed by atoms with Crippen LogP contribution in [-0.4, -0.2) is 24.3 Å². The maximum absolute atomic E-state index is 9.94. The molecule has 0 spiro atoms. The Kier molecular flexibility index (Phi) is 12.6. The fourth-order valence-electron chi connectivity index (χ4n) is 0.465. The van der Waals surface area contributed by atoms with Gasteiger partial charge in [0.05, 0.1) is 0 Å². The zero-order valence-corrected chi connectivity index (χ0v) is 8.75. The number of carboxylic acid groups (broad SMARTS) is 1. The summed E-state index contributed by atoms with van der Waals surface area (Å²) in [5, 5.41) is 8.17. The fraction of sp³-hybridized carbons (Fsp3) is 0.700. The molecular weight excluding hydrogens is 168 g/mol. The third kappa shape index (κ3) is 18.3. The Morgan fingerprint density at radius 3 is 2.46 bits per heavy atom. The number of aliphatic carboxylic acids is 1. The van der Waals surface area contributed by atoms with E-state index in [4.69, 9.17) is 9.84 Å². The predicted octanol–water partition coefficient (Wildman–Crippen LogP) is 2.33. The van der Waals surface area contributed by atoms with Gasteiger partial charge in [0.1, 0.15) is 6.61 Å². The molecular formula is C10H20O3. The Morgan fingerprint density at radius 1 is 1.69 bits per heavy atom. The minimum atomic E-state index is -0.900. The first kappa shape index (κ1) is 14.7. The predicted molar refractivity (Wildman–Crippen MR) is 53.8 cm³/mol. The topological polar surface area (TPSA) is 46.5 Å². The van der Waals surface area contributed by atoms with Gasteiger partial charge in [-0.25, -0.2) is 4.79 Å². The molecule has 0 amide bonds. The third-order valence-electron chi connectivity index (χ3n) is 1.32. The van der Waals surface area contributed by atoms with Crippen molar-refractivity contribution >= 4 is 5.97 Å². The van der Waals surface area contributed by atoms with Gasteiger partial charge in [-0.1, -0.05) is 26.3 Å². The van der Waals surface area contributed by atoms with Gasteiger partial charge in [0.15, 0.2) is 0 Å². The molecule has 0 aromatic rings. The lowest BCUT2D eigenvalue weighted by Gasteiger charge is -2.06. The lowest BCUT2D eigenvalue weighted by atomic mass is 10.1. The lowest BCUT2D eigenvalue weighted by Crippen LogP contribution is -2.11. The van der Waals surface area contributed by atoms with Gasteiger partial charge < -0.3 is 9.84 Å². The quantitative estimate of drug-likeness (QED) is 0.673. The molecule has 1 atom stereocenters. The molecule has 0 aliphatic carbocycles. The van der Waals surface area contributed by atoms with E-state index in [9.17, 15) is 4.79 Å². The van der Waals surface area contributed by atoms with Gasteiger partial charge in [-0.2, -0.15) is 0 Å². The van der Waals surface area contributed by atoms with Gasteiger partial charge in [0, 0.05) is 6.61 Å². The van der Waals surface area contributed by atoms with Gasteiger partial charge in [-0.15, -0.1) is 6.58 Å². The van der Waals surface area contributed by atoms with E-state index in [1.807, 2.05) is 13.8 Å². The summed E-state index contributed by atoms with van der Waals surface area (Å²) >= 11 is 0. The normalized spacial score (nSPS) is 11.0. The summed E-state index contributed by atoms with van der Waals surface area (Å²) in [5.41, 5.74) is 0. The molecule has 13 heavy (non-hydrogen) atoms. The number of carboxylic acids is 1. The standard InChI is InChI=1S/C7H14O3.C3H6/c1-3-6(2)4-10-5-7(8)9;1-3-2/h6H,3-5H2,1-2H3,(H,8,9);3H,1H2,2H3. The van der Waals surface area contributed by atoms with Crippen LogP contribution in [0.4, 0.5) is 0 Å². The van der Waals surface area contributed by atoms with Crippen LogP contribution < -0.4 is 0 Å². The average Bonchev–Trinajstić information content (AvgIpc) is 2.05. The molecule has 0 radical (unpaired) electrons. The second kappa shape index (κ2) is 11.2. The van der Waals surface area contributed by atoms with Crippen LogP contribution in [0.15, 0.2) is 12.7 Å². The van der Waals surface area contributed by atoms with Crippen molar-refractivity contribution in [2.45, 2.75) is 27.2 Å². The van der Waals surface area contributed by atoms with Crippen molar-refractivity contribution in [2.75, 3.05) is 13.2 Å². The number of hydrogen-bond acceptors (Lipinski definition) is 2. The summed E-state index contributed by atoms with van der Waals surface area (Å²) in [5.74, 6) is -0.442. The van der Waals surface area contributed by atoms with Crippen LogP contribution >= 0.6 is 0 Å². The molecule has 3 heteroatoms. The van der Waals surface area contributed by atoms with Crippen LogP contribution in [0.2, 0.25) is 0 Å². The molecule has 1 N–H and O–H groups in total. The molecule has 0 rings (SSSR count). The highest BCUT2D eigenvalue weighted by Gasteiger charge is 2.00. The van der Waals surface area contributed by atoms with Crippen molar-refractivity contribution < 1.29 is 14.6 Å². The summed E-state index contributed by atoms with van der Waals surface area (Å²) in [6.45, 7) is 9.70. The Morgan fingerprint density at radius 2 is 2.15 bits per heavy atom. The van der Waals surface area contributed by atoms with Crippen molar-refractivity contribution in [1.29, 1.82) is 0 Å². The lowest BCUT2D eigenvalue weighted by molar-refractivity contribution is -0.142. The van der Waals surface area contributed by atoms with E-state index in [0.717, 1.165) is 6.42 Å². The van der Waals surface area contributed by atoms with Crippen molar-refractivity contribution in [3.05, 3.63) is 12.7 Å².